The van der Waals surface area contributed by atoms with Gasteiger partial charge < -0.3 is 5.32 Å². The number of amides is 1. The van der Waals surface area contributed by atoms with Gasteiger partial charge in [0.1, 0.15) is 16.8 Å². The largest absolute Gasteiger partial charge is 0.333 e. The first-order valence-corrected chi connectivity index (χ1v) is 12.1. The number of rotatable bonds is 5. The number of hydrogen-bond donors (Lipinski definition) is 1. The number of benzene rings is 2. The van der Waals surface area contributed by atoms with Gasteiger partial charge in [0.15, 0.2) is 0 Å². The summed E-state index contributed by atoms with van der Waals surface area (Å²) in [7, 11) is 0. The van der Waals surface area contributed by atoms with Gasteiger partial charge in [0, 0.05) is 61.5 Å². The third-order valence-corrected chi connectivity index (χ3v) is 6.63. The fourth-order valence-corrected chi connectivity index (χ4v) is 4.84. The molecule has 0 bridgehead atoms. The summed E-state index contributed by atoms with van der Waals surface area (Å²) >= 11 is 5.96. The monoisotopic (exact) mass is 517 g/mol. The fourth-order valence-electron chi connectivity index (χ4n) is 4.65. The molecule has 0 saturated carbocycles. The lowest BCUT2D eigenvalue weighted by Gasteiger charge is -2.27. The maximum Gasteiger partial charge on any atom is 0.326 e. The third kappa shape index (κ3) is 5.24. The smallest absolute Gasteiger partial charge is 0.326 e. The fraction of sp³-hybridized carbons (Fsp3) is 0.179. The standard InChI is InChI=1S/C28H22ClF2N5O/c29-27-13-19(7-9-33-27)16-34-28(37)36-25-8-11-35(10-1-2-20-4-5-21(30)14-24(20)31)17-23(25)22-6-3-18(15-32)12-26(22)36/h1-7,9,12-14H,8,10-11,16-17H2,(H,34,37). The molecule has 1 N–H and O–H groups in total. The second-order valence-corrected chi connectivity index (χ2v) is 9.19. The van der Waals surface area contributed by atoms with Crippen molar-refractivity contribution in [2.75, 3.05) is 13.1 Å². The molecule has 5 rings (SSSR count). The quantitative estimate of drug-likeness (QED) is 0.346. The summed E-state index contributed by atoms with van der Waals surface area (Å²) in [4.78, 5) is 19.5. The minimum atomic E-state index is -0.609. The zero-order chi connectivity index (χ0) is 25.9. The molecular formula is C28H22ClF2N5O. The zero-order valence-corrected chi connectivity index (χ0v) is 20.5. The molecule has 1 aliphatic heterocycles. The van der Waals surface area contributed by atoms with E-state index in [-0.39, 0.29) is 12.6 Å². The Hall–Kier alpha value is -4.06. The van der Waals surface area contributed by atoms with E-state index in [4.69, 9.17) is 11.6 Å². The van der Waals surface area contributed by atoms with Gasteiger partial charge in [0.25, 0.3) is 0 Å². The predicted octanol–water partition coefficient (Wildman–Crippen LogP) is 5.67. The number of fused-ring (bicyclic) bond motifs is 3. The van der Waals surface area contributed by atoms with E-state index < -0.39 is 11.6 Å². The Morgan fingerprint density at radius 1 is 1.19 bits per heavy atom. The highest BCUT2D eigenvalue weighted by Gasteiger charge is 2.26. The van der Waals surface area contributed by atoms with E-state index in [1.54, 1.807) is 41.1 Å². The average molecular weight is 518 g/mol. The zero-order valence-electron chi connectivity index (χ0n) is 19.7. The number of nitrogens with zero attached hydrogens (tertiary/aromatic N) is 4. The van der Waals surface area contributed by atoms with Crippen LogP contribution >= 0.6 is 11.6 Å². The van der Waals surface area contributed by atoms with Crippen molar-refractivity contribution in [3.8, 4) is 6.07 Å². The van der Waals surface area contributed by atoms with E-state index in [0.717, 1.165) is 28.3 Å². The van der Waals surface area contributed by atoms with Crippen molar-refractivity contribution in [3.63, 3.8) is 0 Å². The van der Waals surface area contributed by atoms with Gasteiger partial charge in [0.05, 0.1) is 17.1 Å². The molecule has 0 atom stereocenters. The van der Waals surface area contributed by atoms with Crippen LogP contribution < -0.4 is 5.32 Å². The molecule has 37 heavy (non-hydrogen) atoms. The summed E-state index contributed by atoms with van der Waals surface area (Å²) in [5.41, 5.74) is 4.23. The van der Waals surface area contributed by atoms with E-state index in [1.165, 1.54) is 12.1 Å². The number of halogens is 3. The number of aromatic nitrogens is 2. The molecule has 6 nitrogen and oxygen atoms in total. The average Bonchev–Trinajstić information content (AvgIpc) is 3.21. The van der Waals surface area contributed by atoms with E-state index in [2.05, 4.69) is 21.3 Å². The molecule has 1 aliphatic rings. The molecule has 1 amide bonds. The molecule has 2 aromatic carbocycles. The van der Waals surface area contributed by atoms with Crippen LogP contribution in [0.15, 0.2) is 60.8 Å². The highest BCUT2D eigenvalue weighted by Crippen LogP contribution is 2.31. The van der Waals surface area contributed by atoms with Crippen molar-refractivity contribution in [2.45, 2.75) is 19.5 Å². The number of pyridine rings is 1. The summed E-state index contributed by atoms with van der Waals surface area (Å²) in [6.45, 7) is 2.13. The van der Waals surface area contributed by atoms with Crippen LogP contribution in [0.2, 0.25) is 5.15 Å². The van der Waals surface area contributed by atoms with Crippen LogP contribution in [0.3, 0.4) is 0 Å². The van der Waals surface area contributed by atoms with E-state index in [9.17, 15) is 18.8 Å². The molecule has 0 radical (unpaired) electrons. The topological polar surface area (TPSA) is 74.0 Å². The van der Waals surface area contributed by atoms with Crippen LogP contribution in [0.5, 0.6) is 0 Å². The summed E-state index contributed by atoms with van der Waals surface area (Å²) in [5, 5.41) is 13.6. The molecular weight excluding hydrogens is 496 g/mol. The molecule has 0 aliphatic carbocycles. The molecule has 0 fully saturated rings. The maximum absolute atomic E-state index is 13.9. The van der Waals surface area contributed by atoms with Crippen LogP contribution in [0.1, 0.15) is 27.9 Å². The summed E-state index contributed by atoms with van der Waals surface area (Å²) in [5.74, 6) is -1.21. The lowest BCUT2D eigenvalue weighted by atomic mass is 10.0. The van der Waals surface area contributed by atoms with Crippen molar-refractivity contribution in [1.29, 1.82) is 5.26 Å². The first kappa shape index (κ1) is 24.6. The Kier molecular flexibility index (Phi) is 6.99. The van der Waals surface area contributed by atoms with Crippen LogP contribution in [0.25, 0.3) is 17.0 Å². The van der Waals surface area contributed by atoms with Crippen molar-refractivity contribution in [1.82, 2.24) is 19.8 Å². The minimum absolute atomic E-state index is 0.282. The van der Waals surface area contributed by atoms with Gasteiger partial charge in [-0.3, -0.25) is 9.47 Å². The predicted molar refractivity (Wildman–Crippen MR) is 138 cm³/mol. The van der Waals surface area contributed by atoms with Gasteiger partial charge in [-0.05, 0) is 47.5 Å². The van der Waals surface area contributed by atoms with E-state index in [0.29, 0.717) is 47.9 Å². The lowest BCUT2D eigenvalue weighted by molar-refractivity contribution is 0.240. The second-order valence-electron chi connectivity index (χ2n) is 8.80. The molecule has 186 valence electrons. The summed E-state index contributed by atoms with van der Waals surface area (Å²) in [6.07, 6.45) is 5.70. The van der Waals surface area contributed by atoms with Crippen molar-refractivity contribution < 1.29 is 13.6 Å². The van der Waals surface area contributed by atoms with Crippen molar-refractivity contribution in [3.05, 3.63) is 106 Å². The first-order valence-electron chi connectivity index (χ1n) is 11.7. The highest BCUT2D eigenvalue weighted by molar-refractivity contribution is 6.29. The molecule has 3 heterocycles. The molecule has 4 aromatic rings. The molecule has 0 spiro atoms. The Bertz CT molecular complexity index is 1570. The van der Waals surface area contributed by atoms with Crippen LogP contribution in [0, 0.1) is 23.0 Å². The SMILES string of the molecule is N#Cc1ccc2c3c(n(C(=O)NCc4ccnc(Cl)c4)c2c1)CCN(CC=Cc1ccc(F)cc1F)C3. The third-order valence-electron chi connectivity index (χ3n) is 6.42. The minimum Gasteiger partial charge on any atom is -0.333 e. The maximum atomic E-state index is 13.9. The number of carbonyl (C=O) groups excluding carboxylic acids is 1. The highest BCUT2D eigenvalue weighted by atomic mass is 35.5. The van der Waals surface area contributed by atoms with Crippen molar-refractivity contribution in [2.24, 2.45) is 0 Å². The molecule has 2 aromatic heterocycles. The Morgan fingerprint density at radius 3 is 2.84 bits per heavy atom. The number of hydrogen-bond acceptors (Lipinski definition) is 4. The number of nitriles is 1. The Labute approximate surface area is 217 Å². The first-order chi connectivity index (χ1) is 17.9. The van der Waals surface area contributed by atoms with Gasteiger partial charge in [-0.25, -0.2) is 18.6 Å². The van der Waals surface area contributed by atoms with Crippen LogP contribution in [-0.2, 0) is 19.5 Å². The molecule has 0 saturated heterocycles. The van der Waals surface area contributed by atoms with Gasteiger partial charge in [-0.1, -0.05) is 29.8 Å². The number of nitrogens with one attached hydrogen (secondary N) is 1. The Morgan fingerprint density at radius 2 is 2.05 bits per heavy atom. The van der Waals surface area contributed by atoms with Gasteiger partial charge >= 0.3 is 6.03 Å². The van der Waals surface area contributed by atoms with Gasteiger partial charge in [-0.15, -0.1) is 0 Å². The van der Waals surface area contributed by atoms with Crippen LogP contribution in [0.4, 0.5) is 13.6 Å². The van der Waals surface area contributed by atoms with Gasteiger partial charge in [0.2, 0.25) is 0 Å². The van der Waals surface area contributed by atoms with Gasteiger partial charge in [-0.2, -0.15) is 5.26 Å². The number of carbonyl (C=O) groups is 1. The van der Waals surface area contributed by atoms with E-state index in [1.807, 2.05) is 12.1 Å². The van der Waals surface area contributed by atoms with Crippen molar-refractivity contribution >= 4 is 34.6 Å². The Balaban J connectivity index is 1.39. The van der Waals surface area contributed by atoms with E-state index >= 15 is 0 Å². The second kappa shape index (κ2) is 10.5. The summed E-state index contributed by atoms with van der Waals surface area (Å²) < 4.78 is 28.8. The lowest BCUT2D eigenvalue weighted by Crippen LogP contribution is -2.34. The van der Waals surface area contributed by atoms with Crippen LogP contribution in [-0.4, -0.2) is 33.6 Å². The normalized spacial score (nSPS) is 13.6. The molecule has 9 heteroatoms. The summed E-state index contributed by atoms with van der Waals surface area (Å²) in [6, 6.07) is 14.2. The molecule has 0 unspecified atom stereocenters.